The summed E-state index contributed by atoms with van der Waals surface area (Å²) in [5, 5.41) is 0.692. The van der Waals surface area contributed by atoms with Crippen LogP contribution in [0, 0.1) is 11.3 Å². The van der Waals surface area contributed by atoms with Gasteiger partial charge in [-0.2, -0.15) is 0 Å². The number of ketones is 1. The van der Waals surface area contributed by atoms with Gasteiger partial charge < -0.3 is 4.74 Å². The molecular weight excluding hydrogens is 308 g/mol. The molecule has 0 N–H and O–H groups in total. The number of hydrogen-bond acceptors (Lipinski definition) is 2. The number of carbonyl (C=O) groups excluding carboxylic acids is 1. The van der Waals surface area contributed by atoms with Gasteiger partial charge in [0.15, 0.2) is 0 Å². The maximum absolute atomic E-state index is 12.3. The van der Waals surface area contributed by atoms with Gasteiger partial charge in [-0.05, 0) is 61.2 Å². The molecule has 2 aromatic carbocycles. The van der Waals surface area contributed by atoms with E-state index in [0.29, 0.717) is 10.8 Å². The molecule has 23 heavy (non-hydrogen) atoms. The molecule has 0 aromatic heterocycles. The van der Waals surface area contributed by atoms with E-state index in [2.05, 4.69) is 13.8 Å². The first-order chi connectivity index (χ1) is 10.9. The minimum absolute atomic E-state index is 0.150. The van der Waals surface area contributed by atoms with Crippen LogP contribution in [0.3, 0.4) is 0 Å². The molecule has 0 radical (unpaired) electrons. The highest BCUT2D eigenvalue weighted by Crippen LogP contribution is 2.39. The molecule has 0 spiro atoms. The van der Waals surface area contributed by atoms with E-state index in [1.165, 1.54) is 5.56 Å². The number of halogens is 1. The molecular formula is C20H21ClO2. The summed E-state index contributed by atoms with van der Waals surface area (Å²) in [5.74, 6) is 2.11. The summed E-state index contributed by atoms with van der Waals surface area (Å²) in [6.07, 6.45) is 2.81. The molecule has 3 heteroatoms. The number of benzene rings is 2. The van der Waals surface area contributed by atoms with E-state index in [1.54, 1.807) is 12.1 Å². The van der Waals surface area contributed by atoms with Gasteiger partial charge in [-0.1, -0.05) is 37.6 Å². The van der Waals surface area contributed by atoms with Crippen LogP contribution in [0.1, 0.15) is 32.3 Å². The molecule has 1 atom stereocenters. The van der Waals surface area contributed by atoms with E-state index in [4.69, 9.17) is 16.3 Å². The van der Waals surface area contributed by atoms with Crippen molar-refractivity contribution < 1.29 is 9.53 Å². The minimum Gasteiger partial charge on any atom is -0.457 e. The van der Waals surface area contributed by atoms with E-state index in [9.17, 15) is 4.79 Å². The molecule has 2 aromatic rings. The highest BCUT2D eigenvalue weighted by Gasteiger charge is 2.39. The van der Waals surface area contributed by atoms with Crippen molar-refractivity contribution in [3.05, 3.63) is 59.1 Å². The summed E-state index contributed by atoms with van der Waals surface area (Å²) in [5.41, 5.74) is 1.03. The third kappa shape index (κ3) is 3.76. The Hall–Kier alpha value is -1.80. The monoisotopic (exact) mass is 328 g/mol. The number of carbonyl (C=O) groups is 1. The largest absolute Gasteiger partial charge is 0.457 e. The van der Waals surface area contributed by atoms with Crippen LogP contribution < -0.4 is 4.74 Å². The van der Waals surface area contributed by atoms with Gasteiger partial charge in [-0.3, -0.25) is 4.79 Å². The first-order valence-corrected chi connectivity index (χ1v) is 8.38. The molecule has 120 valence electrons. The molecule has 1 unspecified atom stereocenters. The molecule has 0 bridgehead atoms. The predicted octanol–water partition coefficient (Wildman–Crippen LogP) is 5.68. The number of Topliss-reactive ketones (excluding diaryl/α,β-unsaturated/α-hetero) is 1. The van der Waals surface area contributed by atoms with Gasteiger partial charge in [0.2, 0.25) is 0 Å². The number of hydrogen-bond donors (Lipinski definition) is 0. The van der Waals surface area contributed by atoms with Crippen LogP contribution in [-0.4, -0.2) is 5.78 Å². The zero-order chi connectivity index (χ0) is 16.4. The maximum atomic E-state index is 12.3. The zero-order valence-corrected chi connectivity index (χ0v) is 14.3. The Morgan fingerprint density at radius 1 is 1.04 bits per heavy atom. The molecule has 1 aliphatic rings. The van der Waals surface area contributed by atoms with Gasteiger partial charge in [0.1, 0.15) is 17.3 Å². The lowest BCUT2D eigenvalue weighted by molar-refractivity contribution is -0.127. The van der Waals surface area contributed by atoms with Crippen molar-refractivity contribution in [1.29, 1.82) is 0 Å². The Morgan fingerprint density at radius 3 is 2.13 bits per heavy atom. The van der Waals surface area contributed by atoms with E-state index < -0.39 is 0 Å². The summed E-state index contributed by atoms with van der Waals surface area (Å²) in [6, 6.07) is 15.3. The zero-order valence-electron chi connectivity index (χ0n) is 13.5. The van der Waals surface area contributed by atoms with Crippen LogP contribution in [0.5, 0.6) is 11.5 Å². The first-order valence-electron chi connectivity index (χ1n) is 8.01. The number of rotatable bonds is 4. The first kappa shape index (κ1) is 16.1. The highest BCUT2D eigenvalue weighted by atomic mass is 35.5. The second-order valence-electron chi connectivity index (χ2n) is 6.89. The molecule has 2 nitrogen and oxygen atoms in total. The number of ether oxygens (including phenoxy) is 1. The molecule has 1 aliphatic carbocycles. The molecule has 0 amide bonds. The van der Waals surface area contributed by atoms with Crippen LogP contribution >= 0.6 is 11.6 Å². The Labute approximate surface area is 142 Å². The molecule has 3 rings (SSSR count). The molecule has 1 fully saturated rings. The normalized spacial score (nSPS) is 19.8. The third-order valence-electron chi connectivity index (χ3n) is 4.61. The lowest BCUT2D eigenvalue weighted by atomic mass is 9.87. The average molecular weight is 329 g/mol. The lowest BCUT2D eigenvalue weighted by Crippen LogP contribution is -2.22. The highest BCUT2D eigenvalue weighted by molar-refractivity contribution is 6.30. The van der Waals surface area contributed by atoms with Crippen molar-refractivity contribution in [3.63, 3.8) is 0 Å². The van der Waals surface area contributed by atoms with Gasteiger partial charge in [0, 0.05) is 16.4 Å². The van der Waals surface area contributed by atoms with Crippen LogP contribution in [0.4, 0.5) is 0 Å². The maximum Gasteiger partial charge on any atom is 0.141 e. The van der Waals surface area contributed by atoms with Crippen LogP contribution in [-0.2, 0) is 11.2 Å². The van der Waals surface area contributed by atoms with Gasteiger partial charge in [-0.15, -0.1) is 0 Å². The summed E-state index contributed by atoms with van der Waals surface area (Å²) >= 11 is 5.87. The topological polar surface area (TPSA) is 26.3 Å². The Morgan fingerprint density at radius 2 is 1.61 bits per heavy atom. The average Bonchev–Trinajstić information content (AvgIpc) is 2.78. The molecule has 0 saturated heterocycles. The third-order valence-corrected chi connectivity index (χ3v) is 4.86. The van der Waals surface area contributed by atoms with Crippen molar-refractivity contribution in [1.82, 2.24) is 0 Å². The van der Waals surface area contributed by atoms with Crippen LogP contribution in [0.2, 0.25) is 5.02 Å². The van der Waals surface area contributed by atoms with Crippen LogP contribution in [0.25, 0.3) is 0 Å². The van der Waals surface area contributed by atoms with E-state index in [-0.39, 0.29) is 11.3 Å². The fraction of sp³-hybridized carbons (Fsp3) is 0.350. The SMILES string of the molecule is CC1(C)CCC(Cc2ccc(Oc3ccc(Cl)cc3)cc2)C1=O. The van der Waals surface area contributed by atoms with E-state index >= 15 is 0 Å². The van der Waals surface area contributed by atoms with Gasteiger partial charge in [0.05, 0.1) is 0 Å². The lowest BCUT2D eigenvalue weighted by Gasteiger charge is -2.16. The van der Waals surface area contributed by atoms with Crippen LogP contribution in [0.15, 0.2) is 48.5 Å². The van der Waals surface area contributed by atoms with Crippen molar-refractivity contribution in [3.8, 4) is 11.5 Å². The second kappa shape index (κ2) is 6.37. The summed E-state index contributed by atoms with van der Waals surface area (Å²) < 4.78 is 5.79. The summed E-state index contributed by atoms with van der Waals surface area (Å²) in [4.78, 5) is 12.3. The Balaban J connectivity index is 1.63. The second-order valence-corrected chi connectivity index (χ2v) is 7.32. The quantitative estimate of drug-likeness (QED) is 0.721. The van der Waals surface area contributed by atoms with Crippen molar-refractivity contribution >= 4 is 17.4 Å². The molecule has 0 heterocycles. The summed E-state index contributed by atoms with van der Waals surface area (Å²) in [7, 11) is 0. The van der Waals surface area contributed by atoms with Gasteiger partial charge >= 0.3 is 0 Å². The van der Waals surface area contributed by atoms with Gasteiger partial charge in [0.25, 0.3) is 0 Å². The molecule has 0 aliphatic heterocycles. The fourth-order valence-electron chi connectivity index (χ4n) is 3.15. The Kier molecular flexibility index (Phi) is 4.45. The van der Waals surface area contributed by atoms with E-state index in [1.807, 2.05) is 36.4 Å². The fourth-order valence-corrected chi connectivity index (χ4v) is 3.28. The predicted molar refractivity (Wildman–Crippen MR) is 93.2 cm³/mol. The van der Waals surface area contributed by atoms with Gasteiger partial charge in [-0.25, -0.2) is 0 Å². The standard InChI is InChI=1S/C20H21ClO2/c1-20(2)12-11-15(19(20)22)13-14-3-7-17(8-4-14)23-18-9-5-16(21)6-10-18/h3-10,15H,11-13H2,1-2H3. The Bertz CT molecular complexity index is 687. The van der Waals surface area contributed by atoms with Crippen molar-refractivity contribution in [2.45, 2.75) is 33.1 Å². The summed E-state index contributed by atoms with van der Waals surface area (Å²) in [6.45, 7) is 4.11. The molecule has 1 saturated carbocycles. The van der Waals surface area contributed by atoms with E-state index in [0.717, 1.165) is 30.8 Å². The van der Waals surface area contributed by atoms with Crippen molar-refractivity contribution in [2.24, 2.45) is 11.3 Å². The van der Waals surface area contributed by atoms with Crippen molar-refractivity contribution in [2.75, 3.05) is 0 Å². The smallest absolute Gasteiger partial charge is 0.141 e. The minimum atomic E-state index is -0.150.